The van der Waals surface area contributed by atoms with Gasteiger partial charge in [-0.3, -0.25) is 9.59 Å². The summed E-state index contributed by atoms with van der Waals surface area (Å²) >= 11 is 0. The monoisotopic (exact) mass is 374 g/mol. The van der Waals surface area contributed by atoms with Gasteiger partial charge in [-0.1, -0.05) is 18.2 Å². The molecule has 0 saturated carbocycles. The summed E-state index contributed by atoms with van der Waals surface area (Å²) < 4.78 is 3.60. The highest BCUT2D eigenvalue weighted by molar-refractivity contribution is 6.08. The Morgan fingerprint density at radius 2 is 1.92 bits per heavy atom. The van der Waals surface area contributed by atoms with E-state index < -0.39 is 0 Å². The van der Waals surface area contributed by atoms with Gasteiger partial charge in [-0.2, -0.15) is 0 Å². The van der Waals surface area contributed by atoms with E-state index in [1.165, 1.54) is 6.92 Å². The van der Waals surface area contributed by atoms with Crippen molar-refractivity contribution in [3.8, 4) is 5.75 Å². The molecule has 0 aliphatic heterocycles. The van der Waals surface area contributed by atoms with Gasteiger partial charge in [-0.15, -0.1) is 0 Å². The van der Waals surface area contributed by atoms with Gasteiger partial charge in [0, 0.05) is 12.3 Å². The molecule has 0 fully saturated rings. The van der Waals surface area contributed by atoms with E-state index in [-0.39, 0.29) is 36.5 Å². The second kappa shape index (κ2) is 7.88. The standard InChI is InChI=1S/C18H18N4O3.ClH/c1-12(23)19-15-7-6-13-4-3-5-14(17(13)18(15)25)20-16(24)10-22-9-8-21(2)11-22;/h3-9,11H,10H2,1-2H3,(H2-,19,20,23,24,25);1H. The molecule has 2 aromatic carbocycles. The van der Waals surface area contributed by atoms with Crippen LogP contribution in [-0.2, 0) is 23.2 Å². The molecular weight excluding hydrogens is 356 g/mol. The second-order valence-corrected chi connectivity index (χ2v) is 5.85. The zero-order valence-electron chi connectivity index (χ0n) is 14.4. The fourth-order valence-corrected chi connectivity index (χ4v) is 2.71. The lowest BCUT2D eigenvalue weighted by atomic mass is 10.1. The molecule has 0 atom stereocenters. The lowest BCUT2D eigenvalue weighted by Gasteiger charge is -2.12. The first-order chi connectivity index (χ1) is 11.9. The van der Waals surface area contributed by atoms with Crippen molar-refractivity contribution in [2.45, 2.75) is 13.5 Å². The summed E-state index contributed by atoms with van der Waals surface area (Å²) in [5.74, 6) is -0.569. The molecule has 3 rings (SSSR count). The molecule has 8 heteroatoms. The largest absolute Gasteiger partial charge is 1.00 e. The Kier molecular flexibility index (Phi) is 5.84. The first-order valence-corrected chi connectivity index (χ1v) is 7.77. The average molecular weight is 375 g/mol. The lowest BCUT2D eigenvalue weighted by Crippen LogP contribution is -3.00. The number of amides is 2. The minimum Gasteiger partial charge on any atom is -1.00 e. The highest BCUT2D eigenvalue weighted by atomic mass is 35.5. The number of nitrogens with zero attached hydrogens (tertiary/aromatic N) is 2. The number of halogens is 1. The van der Waals surface area contributed by atoms with Crippen molar-refractivity contribution in [1.29, 1.82) is 0 Å². The number of aromatic nitrogens is 2. The Morgan fingerprint density at radius 1 is 1.15 bits per heavy atom. The summed E-state index contributed by atoms with van der Waals surface area (Å²) in [5, 5.41) is 17.2. The fourth-order valence-electron chi connectivity index (χ4n) is 2.71. The third-order valence-electron chi connectivity index (χ3n) is 3.75. The molecule has 0 aliphatic carbocycles. The maximum absolute atomic E-state index is 12.3. The van der Waals surface area contributed by atoms with Gasteiger partial charge in [-0.05, 0) is 17.5 Å². The van der Waals surface area contributed by atoms with Crippen LogP contribution in [0.15, 0.2) is 49.1 Å². The highest BCUT2D eigenvalue weighted by Gasteiger charge is 2.14. The first kappa shape index (κ1) is 19.3. The van der Waals surface area contributed by atoms with Gasteiger partial charge < -0.3 is 28.1 Å². The van der Waals surface area contributed by atoms with Crippen LogP contribution in [0.3, 0.4) is 0 Å². The number of imidazole rings is 1. The lowest BCUT2D eigenvalue weighted by molar-refractivity contribution is -0.671. The van der Waals surface area contributed by atoms with Crippen molar-refractivity contribution >= 4 is 34.0 Å². The number of carbonyl (C=O) groups is 2. The normalized spacial score (nSPS) is 10.2. The number of aryl methyl sites for hydroxylation is 1. The summed E-state index contributed by atoms with van der Waals surface area (Å²) in [6.07, 6.45) is 5.45. The third-order valence-corrected chi connectivity index (χ3v) is 3.75. The molecule has 7 nitrogen and oxygen atoms in total. The van der Waals surface area contributed by atoms with Gasteiger partial charge in [0.1, 0.15) is 18.1 Å². The molecule has 0 aliphatic rings. The van der Waals surface area contributed by atoms with Crippen LogP contribution in [0.25, 0.3) is 10.8 Å². The molecule has 3 aromatic rings. The number of phenols is 1. The summed E-state index contributed by atoms with van der Waals surface area (Å²) in [5.41, 5.74) is 0.794. The van der Waals surface area contributed by atoms with Crippen molar-refractivity contribution in [2.75, 3.05) is 10.6 Å². The predicted octanol–water partition coefficient (Wildman–Crippen LogP) is -1.23. The molecule has 0 radical (unpaired) electrons. The number of nitrogens with one attached hydrogen (secondary N) is 2. The van der Waals surface area contributed by atoms with Crippen LogP contribution in [0.5, 0.6) is 5.75 Å². The van der Waals surface area contributed by atoms with E-state index in [9.17, 15) is 14.7 Å². The zero-order chi connectivity index (χ0) is 18.0. The SMILES string of the molecule is CC(=O)Nc1ccc2cccc(NC(=O)Cn3cc[n+](C)c3)c2c1O.[Cl-]. The molecule has 26 heavy (non-hydrogen) atoms. The Hall–Kier alpha value is -3.06. The Morgan fingerprint density at radius 3 is 2.58 bits per heavy atom. The Bertz CT molecular complexity index is 968. The Balaban J connectivity index is 0.00000243. The van der Waals surface area contributed by atoms with E-state index in [4.69, 9.17) is 0 Å². The number of aromatic hydroxyl groups is 1. The maximum Gasteiger partial charge on any atom is 0.266 e. The summed E-state index contributed by atoms with van der Waals surface area (Å²) in [6.45, 7) is 1.53. The third kappa shape index (κ3) is 4.12. The highest BCUT2D eigenvalue weighted by Crippen LogP contribution is 2.37. The zero-order valence-corrected chi connectivity index (χ0v) is 15.1. The van der Waals surface area contributed by atoms with Crippen molar-refractivity contribution in [1.82, 2.24) is 4.57 Å². The molecule has 136 valence electrons. The number of carbonyl (C=O) groups excluding carboxylic acids is 2. The molecule has 0 bridgehead atoms. The van der Waals surface area contributed by atoms with Crippen molar-refractivity contribution in [3.63, 3.8) is 0 Å². The Labute approximate surface area is 156 Å². The van der Waals surface area contributed by atoms with Crippen LogP contribution in [0, 0.1) is 0 Å². The van der Waals surface area contributed by atoms with Crippen LogP contribution < -0.4 is 27.6 Å². The van der Waals surface area contributed by atoms with E-state index >= 15 is 0 Å². The molecule has 0 spiro atoms. The molecule has 0 saturated heterocycles. The number of rotatable bonds is 4. The van der Waals surface area contributed by atoms with Gasteiger partial charge in [-0.25, -0.2) is 9.13 Å². The van der Waals surface area contributed by atoms with Gasteiger partial charge in [0.25, 0.3) is 5.91 Å². The van der Waals surface area contributed by atoms with Gasteiger partial charge >= 0.3 is 0 Å². The summed E-state index contributed by atoms with van der Waals surface area (Å²) in [7, 11) is 1.88. The van der Waals surface area contributed by atoms with E-state index in [2.05, 4.69) is 10.6 Å². The van der Waals surface area contributed by atoms with Crippen LogP contribution >= 0.6 is 0 Å². The van der Waals surface area contributed by atoms with Crippen molar-refractivity contribution in [3.05, 3.63) is 49.1 Å². The van der Waals surface area contributed by atoms with E-state index in [1.807, 2.05) is 23.9 Å². The fraction of sp³-hybridized carbons (Fsp3) is 0.167. The van der Waals surface area contributed by atoms with Crippen LogP contribution in [-0.4, -0.2) is 21.5 Å². The number of hydrogen-bond acceptors (Lipinski definition) is 3. The number of anilines is 2. The topological polar surface area (TPSA) is 87.2 Å². The summed E-state index contributed by atoms with van der Waals surface area (Å²) in [4.78, 5) is 23.6. The predicted molar refractivity (Wildman–Crippen MR) is 94.2 cm³/mol. The first-order valence-electron chi connectivity index (χ1n) is 7.77. The molecular formula is C18H19ClN4O3. The van der Waals surface area contributed by atoms with E-state index in [0.29, 0.717) is 16.8 Å². The minimum atomic E-state index is -0.281. The van der Waals surface area contributed by atoms with Gasteiger partial charge in [0.15, 0.2) is 6.54 Å². The van der Waals surface area contributed by atoms with Crippen LogP contribution in [0.4, 0.5) is 11.4 Å². The average Bonchev–Trinajstić information content (AvgIpc) is 2.94. The van der Waals surface area contributed by atoms with Gasteiger partial charge in [0.2, 0.25) is 12.2 Å². The van der Waals surface area contributed by atoms with Crippen molar-refractivity contribution in [2.24, 2.45) is 7.05 Å². The smallest absolute Gasteiger partial charge is 0.266 e. The van der Waals surface area contributed by atoms with Crippen LogP contribution in [0.2, 0.25) is 0 Å². The van der Waals surface area contributed by atoms with E-state index in [0.717, 1.165) is 5.39 Å². The quantitative estimate of drug-likeness (QED) is 0.395. The molecule has 3 N–H and O–H groups in total. The number of fused-ring (bicyclic) bond motifs is 1. The molecule has 1 aromatic heterocycles. The number of hydrogen-bond donors (Lipinski definition) is 3. The molecule has 1 heterocycles. The summed E-state index contributed by atoms with van der Waals surface area (Å²) in [6, 6.07) is 8.75. The molecule has 0 unspecified atom stereocenters. The number of phenolic OH excluding ortho intramolecular Hbond substituents is 1. The maximum atomic E-state index is 12.3. The minimum absolute atomic E-state index is 0. The van der Waals surface area contributed by atoms with Crippen molar-refractivity contribution < 1.29 is 31.7 Å². The second-order valence-electron chi connectivity index (χ2n) is 5.85. The van der Waals surface area contributed by atoms with Gasteiger partial charge in [0.05, 0.1) is 18.4 Å². The number of benzene rings is 2. The van der Waals surface area contributed by atoms with Crippen LogP contribution in [0.1, 0.15) is 6.92 Å². The molecule has 2 amide bonds. The van der Waals surface area contributed by atoms with E-state index in [1.54, 1.807) is 41.4 Å².